The van der Waals surface area contributed by atoms with Gasteiger partial charge in [-0.2, -0.15) is 8.42 Å². The van der Waals surface area contributed by atoms with Gasteiger partial charge in [0.25, 0.3) is 10.1 Å². The first-order valence-corrected chi connectivity index (χ1v) is 9.24. The van der Waals surface area contributed by atoms with E-state index in [9.17, 15) is 17.8 Å². The fraction of sp³-hybridized carbons (Fsp3) is 0.357. The first-order valence-electron chi connectivity index (χ1n) is 6.98. The monoisotopic (exact) mass is 370 g/mol. The number of aromatic nitrogens is 2. The van der Waals surface area contributed by atoms with Gasteiger partial charge < -0.3 is 10.6 Å². The van der Waals surface area contributed by atoms with Gasteiger partial charge >= 0.3 is 0 Å². The van der Waals surface area contributed by atoms with Gasteiger partial charge in [-0.3, -0.25) is 9.35 Å². The highest BCUT2D eigenvalue weighted by molar-refractivity contribution is 7.86. The summed E-state index contributed by atoms with van der Waals surface area (Å²) in [6.45, 7) is 8.27. The van der Waals surface area contributed by atoms with Crippen molar-refractivity contribution in [3.05, 3.63) is 22.3 Å². The number of nitrogens with one attached hydrogen (secondary N) is 2. The summed E-state index contributed by atoms with van der Waals surface area (Å²) in [5, 5.41) is 14.0. The standard InChI is InChI=1S/C14H18N4O4S2/c1-6-7(2)11(9(4)12(8(6)3)24(20,21)22)16-14-18-17-13(23-14)15-10(5)19/h1-5H3,(H,16,18)(H,15,17,19)(H,20,21,22). The second kappa shape index (κ2) is 6.46. The average Bonchev–Trinajstić information content (AvgIpc) is 2.86. The Hall–Kier alpha value is -2.04. The van der Waals surface area contributed by atoms with E-state index in [1.54, 1.807) is 20.8 Å². The topological polar surface area (TPSA) is 121 Å². The summed E-state index contributed by atoms with van der Waals surface area (Å²) in [4.78, 5) is 10.9. The van der Waals surface area contributed by atoms with Gasteiger partial charge in [0.1, 0.15) is 4.90 Å². The Balaban J connectivity index is 2.53. The highest BCUT2D eigenvalue weighted by Gasteiger charge is 2.23. The van der Waals surface area contributed by atoms with Crippen LogP contribution in [0.4, 0.5) is 16.0 Å². The van der Waals surface area contributed by atoms with Crippen molar-refractivity contribution >= 4 is 43.3 Å². The van der Waals surface area contributed by atoms with Crippen LogP contribution in [0.25, 0.3) is 0 Å². The number of amides is 1. The summed E-state index contributed by atoms with van der Waals surface area (Å²) in [5.74, 6) is -0.259. The summed E-state index contributed by atoms with van der Waals surface area (Å²) in [6, 6.07) is 0. The number of hydrogen-bond donors (Lipinski definition) is 3. The molecule has 0 saturated carbocycles. The largest absolute Gasteiger partial charge is 0.330 e. The zero-order chi connectivity index (χ0) is 18.2. The molecule has 0 aliphatic carbocycles. The fourth-order valence-corrected chi connectivity index (χ4v) is 4.19. The molecule has 2 aromatic rings. The Bertz CT molecular complexity index is 919. The minimum Gasteiger partial charge on any atom is -0.330 e. The van der Waals surface area contributed by atoms with Gasteiger partial charge in [0.2, 0.25) is 16.2 Å². The van der Waals surface area contributed by atoms with Crippen LogP contribution in [0, 0.1) is 27.7 Å². The molecule has 1 aromatic carbocycles. The summed E-state index contributed by atoms with van der Waals surface area (Å²) in [7, 11) is -4.36. The van der Waals surface area contributed by atoms with Gasteiger partial charge in [-0.25, -0.2) is 0 Å². The predicted octanol–water partition coefficient (Wildman–Crippen LogP) is 2.72. The van der Waals surface area contributed by atoms with Crippen LogP contribution in [0.15, 0.2) is 4.90 Å². The molecule has 1 heterocycles. The molecule has 0 unspecified atom stereocenters. The molecule has 0 spiro atoms. The van der Waals surface area contributed by atoms with Crippen LogP contribution in [0.1, 0.15) is 29.2 Å². The smallest absolute Gasteiger partial charge is 0.295 e. The van der Waals surface area contributed by atoms with Crippen LogP contribution in [-0.4, -0.2) is 29.1 Å². The molecule has 0 atom stereocenters. The quantitative estimate of drug-likeness (QED) is 0.707. The minimum absolute atomic E-state index is 0.111. The maximum atomic E-state index is 11.7. The van der Waals surface area contributed by atoms with Gasteiger partial charge in [0, 0.05) is 12.6 Å². The van der Waals surface area contributed by atoms with E-state index in [0.29, 0.717) is 27.1 Å². The molecule has 10 heteroatoms. The Labute approximate surface area is 144 Å². The Kier molecular flexibility index (Phi) is 4.92. The molecule has 0 aliphatic heterocycles. The molecule has 1 aromatic heterocycles. The van der Waals surface area contributed by atoms with Crippen LogP contribution < -0.4 is 10.6 Å². The number of carbonyl (C=O) groups is 1. The number of anilines is 3. The molecule has 0 fully saturated rings. The van der Waals surface area contributed by atoms with E-state index in [4.69, 9.17) is 0 Å². The first-order chi connectivity index (χ1) is 11.0. The van der Waals surface area contributed by atoms with Crippen molar-refractivity contribution in [1.82, 2.24) is 10.2 Å². The summed E-state index contributed by atoms with van der Waals surface area (Å²) in [5.41, 5.74) is 3.04. The van der Waals surface area contributed by atoms with Gasteiger partial charge in [-0.15, -0.1) is 10.2 Å². The van der Waals surface area contributed by atoms with Gasteiger partial charge in [0.05, 0.1) is 0 Å². The lowest BCUT2D eigenvalue weighted by Gasteiger charge is -2.19. The first kappa shape index (κ1) is 18.3. The molecule has 0 aliphatic rings. The second-order valence-corrected chi connectivity index (χ2v) is 7.73. The average molecular weight is 370 g/mol. The molecule has 24 heavy (non-hydrogen) atoms. The van der Waals surface area contributed by atoms with Gasteiger partial charge in [-0.05, 0) is 49.9 Å². The van der Waals surface area contributed by atoms with Crippen molar-refractivity contribution in [1.29, 1.82) is 0 Å². The van der Waals surface area contributed by atoms with Crippen molar-refractivity contribution in [2.75, 3.05) is 10.6 Å². The Morgan fingerprint density at radius 3 is 2.12 bits per heavy atom. The van der Waals surface area contributed by atoms with Crippen molar-refractivity contribution in [3.8, 4) is 0 Å². The van der Waals surface area contributed by atoms with Crippen LogP contribution in [0.3, 0.4) is 0 Å². The molecule has 0 saturated heterocycles. The summed E-state index contributed by atoms with van der Waals surface area (Å²) < 4.78 is 33.0. The SMILES string of the molecule is CC(=O)Nc1nnc(Nc2c(C)c(C)c(C)c(S(=O)(=O)O)c2C)s1. The zero-order valence-electron chi connectivity index (χ0n) is 13.9. The lowest BCUT2D eigenvalue weighted by molar-refractivity contribution is -0.114. The lowest BCUT2D eigenvalue weighted by atomic mass is 9.98. The third kappa shape index (κ3) is 3.55. The molecule has 0 radical (unpaired) electrons. The molecular formula is C14H18N4O4S2. The maximum absolute atomic E-state index is 11.7. The number of rotatable bonds is 4. The highest BCUT2D eigenvalue weighted by Crippen LogP contribution is 2.36. The van der Waals surface area contributed by atoms with E-state index in [1.165, 1.54) is 6.92 Å². The van der Waals surface area contributed by atoms with E-state index in [-0.39, 0.29) is 10.8 Å². The normalized spacial score (nSPS) is 11.4. The van der Waals surface area contributed by atoms with Gasteiger partial charge in [-0.1, -0.05) is 11.3 Å². The number of nitrogens with zero attached hydrogens (tertiary/aromatic N) is 2. The molecule has 8 nitrogen and oxygen atoms in total. The third-order valence-electron chi connectivity index (χ3n) is 3.75. The van der Waals surface area contributed by atoms with E-state index in [2.05, 4.69) is 20.8 Å². The maximum Gasteiger partial charge on any atom is 0.295 e. The second-order valence-electron chi connectivity index (χ2n) is 5.40. The van der Waals surface area contributed by atoms with Gasteiger partial charge in [0.15, 0.2) is 0 Å². The van der Waals surface area contributed by atoms with Crippen molar-refractivity contribution in [3.63, 3.8) is 0 Å². The molecule has 1 amide bonds. The lowest BCUT2D eigenvalue weighted by Crippen LogP contribution is -2.10. The summed E-state index contributed by atoms with van der Waals surface area (Å²) in [6.07, 6.45) is 0. The predicted molar refractivity (Wildman–Crippen MR) is 92.7 cm³/mol. The van der Waals surface area contributed by atoms with E-state index in [0.717, 1.165) is 22.5 Å². The number of carbonyl (C=O) groups excluding carboxylic acids is 1. The van der Waals surface area contributed by atoms with E-state index >= 15 is 0 Å². The highest BCUT2D eigenvalue weighted by atomic mass is 32.2. The van der Waals surface area contributed by atoms with E-state index < -0.39 is 10.1 Å². The van der Waals surface area contributed by atoms with Crippen LogP contribution >= 0.6 is 11.3 Å². The van der Waals surface area contributed by atoms with Crippen LogP contribution in [0.5, 0.6) is 0 Å². The Morgan fingerprint density at radius 2 is 1.58 bits per heavy atom. The Morgan fingerprint density at radius 1 is 1.00 bits per heavy atom. The molecule has 3 N–H and O–H groups in total. The summed E-state index contributed by atoms with van der Waals surface area (Å²) >= 11 is 1.12. The van der Waals surface area contributed by atoms with Crippen molar-refractivity contribution in [2.45, 2.75) is 39.5 Å². The molecular weight excluding hydrogens is 352 g/mol. The van der Waals surface area contributed by atoms with Crippen molar-refractivity contribution in [2.24, 2.45) is 0 Å². The van der Waals surface area contributed by atoms with Crippen LogP contribution in [-0.2, 0) is 14.9 Å². The number of hydrogen-bond acceptors (Lipinski definition) is 7. The van der Waals surface area contributed by atoms with Crippen molar-refractivity contribution < 1.29 is 17.8 Å². The molecule has 0 bridgehead atoms. The number of benzene rings is 1. The molecule has 130 valence electrons. The molecule has 2 rings (SSSR count). The fourth-order valence-electron chi connectivity index (χ4n) is 2.47. The van der Waals surface area contributed by atoms with Crippen LogP contribution in [0.2, 0.25) is 0 Å². The third-order valence-corrected chi connectivity index (χ3v) is 5.64. The zero-order valence-corrected chi connectivity index (χ0v) is 15.5. The van der Waals surface area contributed by atoms with E-state index in [1.807, 2.05) is 6.92 Å². The minimum atomic E-state index is -4.36.